The maximum atomic E-state index is 14.6. The number of hydrogen-bond donors (Lipinski definition) is 2. The second-order valence-corrected chi connectivity index (χ2v) is 9.77. The molecule has 0 spiro atoms. The molecule has 1 aromatic heterocycles. The highest BCUT2D eigenvalue weighted by atomic mass is 35.5. The Morgan fingerprint density at radius 1 is 1.21 bits per heavy atom. The van der Waals surface area contributed by atoms with E-state index in [-0.39, 0.29) is 11.7 Å². The molecular formula is C20H22ClF2N5O3S2. The lowest BCUT2D eigenvalue weighted by Crippen LogP contribution is -2.29. The van der Waals surface area contributed by atoms with Gasteiger partial charge in [0.25, 0.3) is 10.0 Å². The largest absolute Gasteiger partial charge is 0.486 e. The van der Waals surface area contributed by atoms with Crippen molar-refractivity contribution in [2.24, 2.45) is 0 Å². The fourth-order valence-electron chi connectivity index (χ4n) is 2.93. The molecule has 2 aromatic carbocycles. The molecule has 0 bridgehead atoms. The molecule has 3 aromatic rings. The molecule has 33 heavy (non-hydrogen) atoms. The van der Waals surface area contributed by atoms with Gasteiger partial charge in [0.2, 0.25) is 5.13 Å². The van der Waals surface area contributed by atoms with Crippen LogP contribution in [-0.2, 0) is 16.6 Å². The standard InChI is InChI=1S/C20H22ClF2N5O3S2/c1-3-24-6-7-28(2)17-8-14(21)5-4-13(17)11-31-18-9-16(23)19(10-15(18)22)33(29,30)27-20-25-12-26-32-20/h4-5,8-10,12,24H,3,6-7,11H2,1-2H3,(H,25,26,27). The molecule has 0 unspecified atom stereocenters. The Morgan fingerprint density at radius 2 is 2.00 bits per heavy atom. The van der Waals surface area contributed by atoms with Gasteiger partial charge in [-0.25, -0.2) is 22.2 Å². The van der Waals surface area contributed by atoms with Crippen LogP contribution < -0.4 is 19.7 Å². The first kappa shape index (κ1) is 25.1. The van der Waals surface area contributed by atoms with Gasteiger partial charge in [-0.1, -0.05) is 24.6 Å². The molecule has 0 fully saturated rings. The zero-order valence-electron chi connectivity index (χ0n) is 17.8. The summed E-state index contributed by atoms with van der Waals surface area (Å²) in [5.41, 5.74) is 1.48. The van der Waals surface area contributed by atoms with E-state index in [1.807, 2.05) is 18.9 Å². The molecular weight excluding hydrogens is 496 g/mol. The van der Waals surface area contributed by atoms with E-state index in [1.165, 1.54) is 0 Å². The van der Waals surface area contributed by atoms with E-state index >= 15 is 0 Å². The predicted octanol–water partition coefficient (Wildman–Crippen LogP) is 3.90. The van der Waals surface area contributed by atoms with Crippen LogP contribution in [0.25, 0.3) is 0 Å². The highest BCUT2D eigenvalue weighted by molar-refractivity contribution is 7.93. The van der Waals surface area contributed by atoms with Gasteiger partial charge < -0.3 is 15.0 Å². The number of nitrogens with one attached hydrogen (secondary N) is 2. The maximum Gasteiger partial charge on any atom is 0.266 e. The highest BCUT2D eigenvalue weighted by Gasteiger charge is 2.24. The molecule has 0 saturated carbocycles. The summed E-state index contributed by atoms with van der Waals surface area (Å²) in [6.07, 6.45) is 1.14. The summed E-state index contributed by atoms with van der Waals surface area (Å²) in [4.78, 5) is 4.78. The SMILES string of the molecule is CCNCCN(C)c1cc(Cl)ccc1COc1cc(F)c(S(=O)(=O)Nc2ncns2)cc1F. The Hall–Kier alpha value is -2.54. The summed E-state index contributed by atoms with van der Waals surface area (Å²) in [6, 6.07) is 6.44. The van der Waals surface area contributed by atoms with Crippen molar-refractivity contribution in [2.75, 3.05) is 36.3 Å². The molecule has 0 aliphatic rings. The molecule has 2 N–H and O–H groups in total. The van der Waals surface area contributed by atoms with Crippen LogP contribution in [0.3, 0.4) is 0 Å². The Labute approximate surface area is 199 Å². The van der Waals surface area contributed by atoms with Crippen molar-refractivity contribution in [3.63, 3.8) is 0 Å². The topological polar surface area (TPSA) is 96.5 Å². The van der Waals surface area contributed by atoms with E-state index in [4.69, 9.17) is 16.3 Å². The molecule has 13 heteroatoms. The van der Waals surface area contributed by atoms with Crippen LogP contribution in [0.1, 0.15) is 12.5 Å². The van der Waals surface area contributed by atoms with Crippen molar-refractivity contribution >= 4 is 44.0 Å². The zero-order chi connectivity index (χ0) is 24.0. The highest BCUT2D eigenvalue weighted by Crippen LogP contribution is 2.29. The van der Waals surface area contributed by atoms with E-state index in [1.54, 1.807) is 18.2 Å². The third-order valence-electron chi connectivity index (χ3n) is 4.57. The quantitative estimate of drug-likeness (QED) is 0.372. The number of aromatic nitrogens is 2. The average Bonchev–Trinajstić information content (AvgIpc) is 3.27. The number of ether oxygens (including phenoxy) is 1. The second-order valence-electron chi connectivity index (χ2n) is 6.90. The monoisotopic (exact) mass is 517 g/mol. The first-order valence-electron chi connectivity index (χ1n) is 9.83. The van der Waals surface area contributed by atoms with Crippen LogP contribution in [0.15, 0.2) is 41.6 Å². The summed E-state index contributed by atoms with van der Waals surface area (Å²) < 4.78 is 65.2. The van der Waals surface area contributed by atoms with Crippen molar-refractivity contribution in [2.45, 2.75) is 18.4 Å². The summed E-state index contributed by atoms with van der Waals surface area (Å²) in [6.45, 7) is 4.21. The first-order chi connectivity index (χ1) is 15.7. The first-order valence-corrected chi connectivity index (χ1v) is 12.5. The normalized spacial score (nSPS) is 11.4. The molecule has 0 amide bonds. The van der Waals surface area contributed by atoms with Crippen molar-refractivity contribution in [1.29, 1.82) is 0 Å². The number of hydrogen-bond acceptors (Lipinski definition) is 8. The van der Waals surface area contributed by atoms with E-state index in [0.29, 0.717) is 29.3 Å². The zero-order valence-corrected chi connectivity index (χ0v) is 20.2. The molecule has 0 radical (unpaired) electrons. The Bertz CT molecular complexity index is 1200. The second kappa shape index (κ2) is 11.1. The average molecular weight is 518 g/mol. The van der Waals surface area contributed by atoms with Crippen LogP contribution in [0.5, 0.6) is 5.75 Å². The molecule has 0 saturated heterocycles. The van der Waals surface area contributed by atoms with Gasteiger partial charge in [-0.15, -0.1) is 0 Å². The van der Waals surface area contributed by atoms with Gasteiger partial charge in [0.15, 0.2) is 11.6 Å². The Kier molecular flexibility index (Phi) is 8.40. The maximum absolute atomic E-state index is 14.6. The third-order valence-corrected chi connectivity index (χ3v) is 6.87. The minimum Gasteiger partial charge on any atom is -0.486 e. The Balaban J connectivity index is 1.78. The summed E-state index contributed by atoms with van der Waals surface area (Å²) in [5.74, 6) is -2.61. The van der Waals surface area contributed by atoms with E-state index in [9.17, 15) is 17.2 Å². The lowest BCUT2D eigenvalue weighted by Gasteiger charge is -2.23. The summed E-state index contributed by atoms with van der Waals surface area (Å²) in [5, 5.41) is 3.69. The van der Waals surface area contributed by atoms with Gasteiger partial charge in [0.05, 0.1) is 0 Å². The van der Waals surface area contributed by atoms with Crippen molar-refractivity contribution < 1.29 is 21.9 Å². The lowest BCUT2D eigenvalue weighted by molar-refractivity contribution is 0.287. The van der Waals surface area contributed by atoms with Crippen LogP contribution in [-0.4, -0.2) is 44.5 Å². The molecule has 0 atom stereocenters. The molecule has 1 heterocycles. The summed E-state index contributed by atoms with van der Waals surface area (Å²) in [7, 11) is -2.51. The number of benzene rings is 2. The smallest absolute Gasteiger partial charge is 0.266 e. The van der Waals surface area contributed by atoms with E-state index < -0.39 is 32.3 Å². The Morgan fingerprint density at radius 3 is 2.70 bits per heavy atom. The number of anilines is 2. The van der Waals surface area contributed by atoms with Gasteiger partial charge in [-0.3, -0.25) is 4.72 Å². The number of likely N-dealkylation sites (N-methyl/N-ethyl adjacent to an activating group) is 2. The van der Waals surface area contributed by atoms with Crippen LogP contribution in [0, 0.1) is 11.6 Å². The van der Waals surface area contributed by atoms with Gasteiger partial charge in [0, 0.05) is 60.1 Å². The van der Waals surface area contributed by atoms with Crippen LogP contribution >= 0.6 is 23.1 Å². The van der Waals surface area contributed by atoms with Crippen molar-refractivity contribution in [1.82, 2.24) is 14.7 Å². The fourth-order valence-corrected chi connectivity index (χ4v) is 4.83. The minimum absolute atomic E-state index is 0.0661. The number of rotatable bonds is 11. The fraction of sp³-hybridized carbons (Fsp3) is 0.300. The van der Waals surface area contributed by atoms with Crippen molar-refractivity contribution in [3.8, 4) is 5.75 Å². The minimum atomic E-state index is -4.39. The van der Waals surface area contributed by atoms with Gasteiger partial charge in [-0.05, 0) is 18.7 Å². The van der Waals surface area contributed by atoms with Crippen molar-refractivity contribution in [3.05, 3.63) is 58.9 Å². The summed E-state index contributed by atoms with van der Waals surface area (Å²) >= 11 is 6.90. The van der Waals surface area contributed by atoms with E-state index in [2.05, 4.69) is 19.4 Å². The molecule has 3 rings (SSSR count). The number of halogens is 3. The number of nitrogens with zero attached hydrogens (tertiary/aromatic N) is 3. The van der Waals surface area contributed by atoms with Gasteiger partial charge >= 0.3 is 0 Å². The van der Waals surface area contributed by atoms with E-state index in [0.717, 1.165) is 36.6 Å². The molecule has 8 nitrogen and oxygen atoms in total. The third kappa shape index (κ3) is 6.50. The molecule has 0 aliphatic heterocycles. The van der Waals surface area contributed by atoms with Crippen LogP contribution in [0.4, 0.5) is 19.6 Å². The van der Waals surface area contributed by atoms with Crippen LogP contribution in [0.2, 0.25) is 5.02 Å². The van der Waals surface area contributed by atoms with Gasteiger partial charge in [0.1, 0.15) is 23.6 Å². The lowest BCUT2D eigenvalue weighted by atomic mass is 10.1. The molecule has 0 aliphatic carbocycles. The van der Waals surface area contributed by atoms with Gasteiger partial charge in [-0.2, -0.15) is 4.37 Å². The number of sulfonamides is 1. The molecule has 178 valence electrons. The predicted molar refractivity (Wildman–Crippen MR) is 125 cm³/mol.